The Morgan fingerprint density at radius 2 is 2.31 bits per heavy atom. The summed E-state index contributed by atoms with van der Waals surface area (Å²) in [6, 6.07) is 6.36. The minimum absolute atomic E-state index is 0.253. The van der Waals surface area contributed by atoms with Gasteiger partial charge < -0.3 is 15.0 Å². The van der Waals surface area contributed by atoms with E-state index in [1.54, 1.807) is 0 Å². The quantitative estimate of drug-likeness (QED) is 0.856. The van der Waals surface area contributed by atoms with Gasteiger partial charge in [-0.1, -0.05) is 15.9 Å². The SMILES string of the molecule is Brc1ccc2c(c1)NCN2C1CCCCO1. The Morgan fingerprint density at radius 3 is 3.12 bits per heavy atom. The van der Waals surface area contributed by atoms with Crippen LogP contribution < -0.4 is 10.2 Å². The zero-order valence-electron chi connectivity index (χ0n) is 9.08. The van der Waals surface area contributed by atoms with Crippen LogP contribution in [0.15, 0.2) is 22.7 Å². The largest absolute Gasteiger partial charge is 0.366 e. The summed E-state index contributed by atoms with van der Waals surface area (Å²) in [6.45, 7) is 1.75. The van der Waals surface area contributed by atoms with Crippen LogP contribution in [-0.4, -0.2) is 19.5 Å². The molecule has 1 unspecified atom stereocenters. The maximum atomic E-state index is 5.82. The predicted molar refractivity (Wildman–Crippen MR) is 68.7 cm³/mol. The number of halogens is 1. The summed E-state index contributed by atoms with van der Waals surface area (Å²) < 4.78 is 6.94. The summed E-state index contributed by atoms with van der Waals surface area (Å²) in [6.07, 6.45) is 3.86. The maximum Gasteiger partial charge on any atom is 0.131 e. The van der Waals surface area contributed by atoms with Crippen LogP contribution in [-0.2, 0) is 4.74 Å². The van der Waals surface area contributed by atoms with E-state index in [2.05, 4.69) is 44.3 Å². The van der Waals surface area contributed by atoms with Crippen LogP contribution in [0, 0.1) is 0 Å². The highest BCUT2D eigenvalue weighted by molar-refractivity contribution is 9.10. The normalized spacial score (nSPS) is 24.1. The van der Waals surface area contributed by atoms with Crippen molar-refractivity contribution in [3.05, 3.63) is 22.7 Å². The van der Waals surface area contributed by atoms with Crippen molar-refractivity contribution in [3.63, 3.8) is 0 Å². The first-order valence-electron chi connectivity index (χ1n) is 5.76. The average Bonchev–Trinajstić information content (AvgIpc) is 2.73. The predicted octanol–water partition coefficient (Wildman–Crippen LogP) is 3.17. The molecule has 1 atom stereocenters. The van der Waals surface area contributed by atoms with Crippen LogP contribution in [0.1, 0.15) is 19.3 Å². The van der Waals surface area contributed by atoms with Gasteiger partial charge in [0.15, 0.2) is 0 Å². The van der Waals surface area contributed by atoms with Gasteiger partial charge >= 0.3 is 0 Å². The summed E-state index contributed by atoms with van der Waals surface area (Å²) >= 11 is 3.49. The molecule has 0 amide bonds. The molecule has 1 aromatic rings. The van der Waals surface area contributed by atoms with E-state index in [4.69, 9.17) is 4.74 Å². The van der Waals surface area contributed by atoms with E-state index in [0.29, 0.717) is 0 Å². The van der Waals surface area contributed by atoms with Gasteiger partial charge in [-0.3, -0.25) is 0 Å². The molecule has 1 N–H and O–H groups in total. The van der Waals surface area contributed by atoms with Crippen molar-refractivity contribution in [2.45, 2.75) is 25.5 Å². The molecule has 4 heteroatoms. The second kappa shape index (κ2) is 4.26. The van der Waals surface area contributed by atoms with E-state index in [9.17, 15) is 0 Å². The fourth-order valence-electron chi connectivity index (χ4n) is 2.38. The molecule has 1 saturated heterocycles. The van der Waals surface area contributed by atoms with Crippen LogP contribution in [0.5, 0.6) is 0 Å². The Hall–Kier alpha value is -0.740. The number of hydrogen-bond donors (Lipinski definition) is 1. The highest BCUT2D eigenvalue weighted by Gasteiger charge is 2.27. The Bertz CT molecular complexity index is 391. The fraction of sp³-hybridized carbons (Fsp3) is 0.500. The molecule has 0 radical (unpaired) electrons. The monoisotopic (exact) mass is 282 g/mol. The number of benzene rings is 1. The van der Waals surface area contributed by atoms with Crippen LogP contribution in [0.25, 0.3) is 0 Å². The third-order valence-electron chi connectivity index (χ3n) is 3.21. The van der Waals surface area contributed by atoms with Gasteiger partial charge in [0.25, 0.3) is 0 Å². The number of rotatable bonds is 1. The zero-order valence-corrected chi connectivity index (χ0v) is 10.7. The lowest BCUT2D eigenvalue weighted by Gasteiger charge is -2.32. The first kappa shape index (κ1) is 10.4. The lowest BCUT2D eigenvalue weighted by molar-refractivity contribution is 0.0159. The Balaban J connectivity index is 1.84. The average molecular weight is 283 g/mol. The topological polar surface area (TPSA) is 24.5 Å². The molecule has 2 aliphatic rings. The smallest absolute Gasteiger partial charge is 0.131 e. The van der Waals surface area contributed by atoms with Crippen molar-refractivity contribution in [2.75, 3.05) is 23.5 Å². The second-order valence-electron chi connectivity index (χ2n) is 4.29. The van der Waals surface area contributed by atoms with Gasteiger partial charge in [0.1, 0.15) is 6.23 Å². The number of nitrogens with zero attached hydrogens (tertiary/aromatic N) is 1. The molecule has 16 heavy (non-hydrogen) atoms. The van der Waals surface area contributed by atoms with Crippen LogP contribution in [0.4, 0.5) is 11.4 Å². The summed E-state index contributed by atoms with van der Waals surface area (Å²) in [5.41, 5.74) is 2.46. The van der Waals surface area contributed by atoms with Crippen molar-refractivity contribution in [2.24, 2.45) is 0 Å². The maximum absolute atomic E-state index is 5.82. The molecule has 0 saturated carbocycles. The molecular formula is C12H15BrN2O. The summed E-state index contributed by atoms with van der Waals surface area (Å²) in [7, 11) is 0. The highest BCUT2D eigenvalue weighted by atomic mass is 79.9. The first-order valence-corrected chi connectivity index (χ1v) is 6.55. The Morgan fingerprint density at radius 1 is 1.38 bits per heavy atom. The molecule has 86 valence electrons. The highest BCUT2D eigenvalue weighted by Crippen LogP contribution is 2.36. The van der Waals surface area contributed by atoms with Gasteiger partial charge in [-0.25, -0.2) is 0 Å². The van der Waals surface area contributed by atoms with Crippen molar-refractivity contribution in [3.8, 4) is 0 Å². The molecule has 0 aromatic heterocycles. The van der Waals surface area contributed by atoms with Gasteiger partial charge in [0, 0.05) is 11.1 Å². The minimum atomic E-state index is 0.253. The van der Waals surface area contributed by atoms with E-state index in [1.165, 1.54) is 24.2 Å². The third kappa shape index (κ3) is 1.80. The number of fused-ring (bicyclic) bond motifs is 1. The van der Waals surface area contributed by atoms with E-state index < -0.39 is 0 Å². The van der Waals surface area contributed by atoms with Gasteiger partial charge in [0.2, 0.25) is 0 Å². The minimum Gasteiger partial charge on any atom is -0.366 e. The standard InChI is InChI=1S/C12H15BrN2O/c13-9-4-5-11-10(7-9)14-8-15(11)12-3-1-2-6-16-12/h4-5,7,12,14H,1-3,6,8H2. The lowest BCUT2D eigenvalue weighted by atomic mass is 10.1. The third-order valence-corrected chi connectivity index (χ3v) is 3.70. The zero-order chi connectivity index (χ0) is 11.0. The fourth-order valence-corrected chi connectivity index (χ4v) is 2.74. The van der Waals surface area contributed by atoms with Crippen molar-refractivity contribution < 1.29 is 4.74 Å². The molecule has 0 aliphatic carbocycles. The second-order valence-corrected chi connectivity index (χ2v) is 5.20. The molecule has 3 rings (SSSR count). The Labute approximate surface area is 104 Å². The lowest BCUT2D eigenvalue weighted by Crippen LogP contribution is -2.39. The molecule has 2 heterocycles. The molecular weight excluding hydrogens is 268 g/mol. The molecule has 0 spiro atoms. The summed E-state index contributed by atoms with van der Waals surface area (Å²) in [5.74, 6) is 0. The van der Waals surface area contributed by atoms with E-state index in [1.807, 2.05) is 0 Å². The van der Waals surface area contributed by atoms with Gasteiger partial charge in [0.05, 0.1) is 18.0 Å². The van der Waals surface area contributed by atoms with Crippen molar-refractivity contribution in [1.82, 2.24) is 0 Å². The van der Waals surface area contributed by atoms with E-state index in [0.717, 1.165) is 24.2 Å². The Kier molecular flexibility index (Phi) is 2.77. The van der Waals surface area contributed by atoms with Crippen LogP contribution >= 0.6 is 15.9 Å². The number of hydrogen-bond acceptors (Lipinski definition) is 3. The van der Waals surface area contributed by atoms with E-state index in [-0.39, 0.29) is 6.23 Å². The van der Waals surface area contributed by atoms with E-state index >= 15 is 0 Å². The van der Waals surface area contributed by atoms with Gasteiger partial charge in [-0.05, 0) is 37.5 Å². The van der Waals surface area contributed by atoms with Crippen LogP contribution in [0.2, 0.25) is 0 Å². The van der Waals surface area contributed by atoms with Crippen molar-refractivity contribution >= 4 is 27.3 Å². The first-order chi connectivity index (χ1) is 7.84. The van der Waals surface area contributed by atoms with Crippen molar-refractivity contribution in [1.29, 1.82) is 0 Å². The molecule has 1 fully saturated rings. The molecule has 2 aliphatic heterocycles. The van der Waals surface area contributed by atoms with Gasteiger partial charge in [-0.2, -0.15) is 0 Å². The number of anilines is 2. The molecule has 3 nitrogen and oxygen atoms in total. The number of ether oxygens (including phenoxy) is 1. The number of nitrogens with one attached hydrogen (secondary N) is 1. The summed E-state index contributed by atoms with van der Waals surface area (Å²) in [4.78, 5) is 2.32. The van der Waals surface area contributed by atoms with Gasteiger partial charge in [-0.15, -0.1) is 0 Å². The summed E-state index contributed by atoms with van der Waals surface area (Å²) in [5, 5.41) is 3.40. The molecule has 0 bridgehead atoms. The molecule has 1 aromatic carbocycles. The van der Waals surface area contributed by atoms with Crippen LogP contribution in [0.3, 0.4) is 0 Å².